The van der Waals surface area contributed by atoms with Crippen LogP contribution in [-0.2, 0) is 0 Å². The molecule has 0 bridgehead atoms. The first-order valence-electron chi connectivity index (χ1n) is 6.68. The first kappa shape index (κ1) is 14.6. The van der Waals surface area contributed by atoms with E-state index in [1.165, 1.54) is 21.6 Å². The molecule has 1 unspecified atom stereocenters. The number of thiophene rings is 1. The molecular formula is C16H20ClNS. The molecule has 2 rings (SSSR count). The van der Waals surface area contributed by atoms with Crippen molar-refractivity contribution in [1.82, 2.24) is 5.32 Å². The molecule has 0 aliphatic heterocycles. The molecule has 1 aromatic carbocycles. The Morgan fingerprint density at radius 3 is 2.37 bits per heavy atom. The van der Waals surface area contributed by atoms with Crippen LogP contribution in [-0.4, -0.2) is 6.54 Å². The molecule has 19 heavy (non-hydrogen) atoms. The van der Waals surface area contributed by atoms with Gasteiger partial charge in [0.05, 0.1) is 10.4 Å². The number of hydrogen-bond donors (Lipinski definition) is 1. The second kappa shape index (κ2) is 6.56. The molecule has 1 heterocycles. The quantitative estimate of drug-likeness (QED) is 0.808. The third kappa shape index (κ3) is 3.38. The van der Waals surface area contributed by atoms with Crippen molar-refractivity contribution in [3.63, 3.8) is 0 Å². The molecule has 1 N–H and O–H groups in total. The smallest absolute Gasteiger partial charge is 0.0931 e. The van der Waals surface area contributed by atoms with Gasteiger partial charge in [-0.1, -0.05) is 36.7 Å². The number of aryl methyl sites for hydroxylation is 2. The van der Waals surface area contributed by atoms with Crippen LogP contribution >= 0.6 is 22.9 Å². The van der Waals surface area contributed by atoms with E-state index in [9.17, 15) is 0 Å². The van der Waals surface area contributed by atoms with Crippen LogP contribution in [0.3, 0.4) is 0 Å². The van der Waals surface area contributed by atoms with Crippen molar-refractivity contribution >= 4 is 22.9 Å². The minimum Gasteiger partial charge on any atom is -0.306 e. The molecule has 0 amide bonds. The van der Waals surface area contributed by atoms with Gasteiger partial charge in [0.15, 0.2) is 0 Å². The molecule has 0 fully saturated rings. The van der Waals surface area contributed by atoms with Crippen LogP contribution in [0.1, 0.15) is 41.0 Å². The van der Waals surface area contributed by atoms with Crippen molar-refractivity contribution in [1.29, 1.82) is 0 Å². The summed E-state index contributed by atoms with van der Waals surface area (Å²) in [6.07, 6.45) is 1.13. The Hall–Kier alpha value is -0.830. The van der Waals surface area contributed by atoms with Crippen LogP contribution in [0.2, 0.25) is 4.34 Å². The standard InChI is InChI=1S/C16H20ClNS/c1-4-10-18-16(13-8-9-14(17)19-13)15-11(2)6-5-7-12(15)3/h5-9,16,18H,4,10H2,1-3H3. The van der Waals surface area contributed by atoms with E-state index in [-0.39, 0.29) is 6.04 Å². The SMILES string of the molecule is CCCNC(c1ccc(Cl)s1)c1c(C)cccc1C. The van der Waals surface area contributed by atoms with Gasteiger partial charge in [0.2, 0.25) is 0 Å². The average Bonchev–Trinajstić information content (AvgIpc) is 2.79. The van der Waals surface area contributed by atoms with E-state index in [1.807, 2.05) is 6.07 Å². The number of benzene rings is 1. The third-order valence-corrected chi connectivity index (χ3v) is 4.60. The highest BCUT2D eigenvalue weighted by atomic mass is 35.5. The van der Waals surface area contributed by atoms with Gasteiger partial charge >= 0.3 is 0 Å². The third-order valence-electron chi connectivity index (χ3n) is 3.31. The van der Waals surface area contributed by atoms with E-state index < -0.39 is 0 Å². The molecule has 102 valence electrons. The van der Waals surface area contributed by atoms with Crippen molar-refractivity contribution in [2.24, 2.45) is 0 Å². The van der Waals surface area contributed by atoms with E-state index in [4.69, 9.17) is 11.6 Å². The van der Waals surface area contributed by atoms with Gasteiger partial charge < -0.3 is 5.32 Å². The first-order chi connectivity index (χ1) is 9.13. The fourth-order valence-corrected chi connectivity index (χ4v) is 3.55. The summed E-state index contributed by atoms with van der Waals surface area (Å²) in [5, 5.41) is 3.65. The number of rotatable bonds is 5. The summed E-state index contributed by atoms with van der Waals surface area (Å²) >= 11 is 7.76. The van der Waals surface area contributed by atoms with Crippen molar-refractivity contribution in [2.75, 3.05) is 6.54 Å². The Morgan fingerprint density at radius 1 is 1.16 bits per heavy atom. The minimum atomic E-state index is 0.249. The molecule has 2 aromatic rings. The lowest BCUT2D eigenvalue weighted by Crippen LogP contribution is -2.24. The zero-order chi connectivity index (χ0) is 13.8. The van der Waals surface area contributed by atoms with Crippen LogP contribution in [0.4, 0.5) is 0 Å². The fraction of sp³-hybridized carbons (Fsp3) is 0.375. The Labute approximate surface area is 124 Å². The largest absolute Gasteiger partial charge is 0.306 e. The van der Waals surface area contributed by atoms with E-state index in [2.05, 4.69) is 50.4 Å². The highest BCUT2D eigenvalue weighted by molar-refractivity contribution is 7.16. The molecule has 0 radical (unpaired) electrons. The van der Waals surface area contributed by atoms with Crippen LogP contribution in [0, 0.1) is 13.8 Å². The summed E-state index contributed by atoms with van der Waals surface area (Å²) < 4.78 is 0.851. The van der Waals surface area contributed by atoms with E-state index >= 15 is 0 Å². The zero-order valence-corrected chi connectivity index (χ0v) is 13.2. The van der Waals surface area contributed by atoms with Crippen molar-refractivity contribution in [3.8, 4) is 0 Å². The summed E-state index contributed by atoms with van der Waals surface area (Å²) in [6, 6.07) is 10.8. The van der Waals surface area contributed by atoms with E-state index in [0.717, 1.165) is 17.3 Å². The number of hydrogen-bond acceptors (Lipinski definition) is 2. The van der Waals surface area contributed by atoms with Gasteiger partial charge in [-0.05, 0) is 55.6 Å². The minimum absolute atomic E-state index is 0.249. The van der Waals surface area contributed by atoms with Crippen LogP contribution in [0.5, 0.6) is 0 Å². The maximum Gasteiger partial charge on any atom is 0.0931 e. The lowest BCUT2D eigenvalue weighted by molar-refractivity contribution is 0.601. The topological polar surface area (TPSA) is 12.0 Å². The molecule has 0 spiro atoms. The lowest BCUT2D eigenvalue weighted by atomic mass is 9.95. The Balaban J connectivity index is 2.42. The second-order valence-corrected chi connectivity index (χ2v) is 6.58. The average molecular weight is 294 g/mol. The van der Waals surface area contributed by atoms with E-state index in [1.54, 1.807) is 11.3 Å². The molecule has 0 saturated carbocycles. The second-order valence-electron chi connectivity index (χ2n) is 4.83. The predicted molar refractivity (Wildman–Crippen MR) is 85.4 cm³/mol. The van der Waals surface area contributed by atoms with E-state index in [0.29, 0.717) is 0 Å². The summed E-state index contributed by atoms with van der Waals surface area (Å²) in [4.78, 5) is 1.29. The van der Waals surface area contributed by atoms with Crippen molar-refractivity contribution < 1.29 is 0 Å². The molecule has 0 aliphatic rings. The van der Waals surface area contributed by atoms with Gasteiger partial charge in [0.25, 0.3) is 0 Å². The Kier molecular flexibility index (Phi) is 5.03. The molecule has 0 saturated heterocycles. The first-order valence-corrected chi connectivity index (χ1v) is 7.87. The van der Waals surface area contributed by atoms with Crippen molar-refractivity contribution in [2.45, 2.75) is 33.2 Å². The van der Waals surface area contributed by atoms with Crippen molar-refractivity contribution in [3.05, 3.63) is 56.2 Å². The normalized spacial score (nSPS) is 12.6. The van der Waals surface area contributed by atoms with Gasteiger partial charge in [-0.2, -0.15) is 0 Å². The fourth-order valence-electron chi connectivity index (χ4n) is 2.40. The van der Waals surface area contributed by atoms with Gasteiger partial charge in [-0.15, -0.1) is 11.3 Å². The molecule has 0 aliphatic carbocycles. The maximum absolute atomic E-state index is 6.10. The highest BCUT2D eigenvalue weighted by Gasteiger charge is 2.19. The summed E-state index contributed by atoms with van der Waals surface area (Å²) in [5.41, 5.74) is 4.05. The van der Waals surface area contributed by atoms with Gasteiger partial charge in [0.1, 0.15) is 0 Å². The Bertz CT molecular complexity index is 527. The lowest BCUT2D eigenvalue weighted by Gasteiger charge is -2.22. The van der Waals surface area contributed by atoms with Crippen LogP contribution in [0.15, 0.2) is 30.3 Å². The zero-order valence-electron chi connectivity index (χ0n) is 11.7. The van der Waals surface area contributed by atoms with Gasteiger partial charge in [-0.25, -0.2) is 0 Å². The molecule has 1 nitrogen and oxygen atoms in total. The van der Waals surface area contributed by atoms with Gasteiger partial charge in [0, 0.05) is 4.88 Å². The van der Waals surface area contributed by atoms with Crippen LogP contribution < -0.4 is 5.32 Å². The molecule has 1 atom stereocenters. The molecule has 3 heteroatoms. The summed E-state index contributed by atoms with van der Waals surface area (Å²) in [6.45, 7) is 7.56. The maximum atomic E-state index is 6.10. The Morgan fingerprint density at radius 2 is 1.84 bits per heavy atom. The number of halogens is 1. The highest BCUT2D eigenvalue weighted by Crippen LogP contribution is 2.33. The molecule has 1 aromatic heterocycles. The predicted octanol–water partition coefficient (Wildman–Crippen LogP) is 5.11. The number of nitrogens with one attached hydrogen (secondary N) is 1. The monoisotopic (exact) mass is 293 g/mol. The summed E-state index contributed by atoms with van der Waals surface area (Å²) in [5.74, 6) is 0. The van der Waals surface area contributed by atoms with Gasteiger partial charge in [-0.3, -0.25) is 0 Å². The molecular weight excluding hydrogens is 274 g/mol. The summed E-state index contributed by atoms with van der Waals surface area (Å²) in [7, 11) is 0. The van der Waals surface area contributed by atoms with Crippen LogP contribution in [0.25, 0.3) is 0 Å².